The van der Waals surface area contributed by atoms with Crippen LogP contribution in [0.3, 0.4) is 0 Å². The van der Waals surface area contributed by atoms with Crippen LogP contribution in [0.1, 0.15) is 70.6 Å². The van der Waals surface area contributed by atoms with Gasteiger partial charge in [-0.05, 0) is 66.0 Å². The first-order valence-corrected chi connectivity index (χ1v) is 15.9. The van der Waals surface area contributed by atoms with Gasteiger partial charge in [0.2, 0.25) is 5.91 Å². The smallest absolute Gasteiger partial charge is 0.240 e. The molecule has 4 fully saturated rings. The maximum absolute atomic E-state index is 13.9. The molecular weight excluding hydrogens is 522 g/mol. The number of aliphatic hydroxyl groups excluding tert-OH is 1. The number of hydrogen-bond acceptors (Lipinski definition) is 5. The number of carbonyl (C=O) groups excluding carboxylic acids is 1. The van der Waals surface area contributed by atoms with Crippen LogP contribution in [0, 0.1) is 29.1 Å². The van der Waals surface area contributed by atoms with E-state index in [0.717, 1.165) is 43.6 Å². The molecule has 6 nitrogen and oxygen atoms in total. The fraction of sp³-hybridized carbons (Fsp3) is 0.583. The van der Waals surface area contributed by atoms with Crippen LogP contribution >= 0.6 is 0 Å². The van der Waals surface area contributed by atoms with E-state index < -0.39 is 12.1 Å². The van der Waals surface area contributed by atoms with Crippen LogP contribution in [-0.4, -0.2) is 52.3 Å². The maximum atomic E-state index is 13.9. The highest BCUT2D eigenvalue weighted by Crippen LogP contribution is 2.59. The second-order valence-corrected chi connectivity index (χ2v) is 14.2. The summed E-state index contributed by atoms with van der Waals surface area (Å²) >= 11 is 0. The largest absolute Gasteiger partial charge is 0.394 e. The van der Waals surface area contributed by atoms with Crippen LogP contribution in [0.25, 0.3) is 0 Å². The van der Waals surface area contributed by atoms with Gasteiger partial charge in [0.25, 0.3) is 0 Å². The highest BCUT2D eigenvalue weighted by atomic mass is 16.7. The van der Waals surface area contributed by atoms with Crippen molar-refractivity contribution in [3.05, 3.63) is 83.4 Å². The third-order valence-corrected chi connectivity index (χ3v) is 10.1. The first-order chi connectivity index (χ1) is 20.0. The second-order valence-electron chi connectivity index (χ2n) is 14.2. The molecule has 3 aliphatic carbocycles. The summed E-state index contributed by atoms with van der Waals surface area (Å²) in [5.74, 6) is 1.65. The van der Waals surface area contributed by atoms with E-state index in [1.807, 2.05) is 6.92 Å². The normalized spacial score (nSPS) is 28.6. The Labute approximate surface area is 253 Å². The Kier molecular flexibility index (Phi) is 9.58. The number of hydrogen-bond donors (Lipinski definition) is 2. The summed E-state index contributed by atoms with van der Waals surface area (Å²) in [7, 11) is 0. The predicted octanol–water partition coefficient (Wildman–Crippen LogP) is 5.95. The Balaban J connectivity index is 1.30. The molecule has 42 heavy (non-hydrogen) atoms. The molecule has 1 amide bonds. The SMILES string of the molecule is C=C(C)[C@@H]1[C@H](CO)ON(Cc2cccc(CN(Cc3ccccc3)CC(C)C)c2)[C@@H]1C(=O)NC1C[C@@H]2C[C@H](C1)C2(C)C. The van der Waals surface area contributed by atoms with Gasteiger partial charge < -0.3 is 10.4 Å². The van der Waals surface area contributed by atoms with Gasteiger partial charge in [0, 0.05) is 31.6 Å². The summed E-state index contributed by atoms with van der Waals surface area (Å²) in [5, 5.41) is 15.4. The van der Waals surface area contributed by atoms with Crippen molar-refractivity contribution < 1.29 is 14.7 Å². The first kappa shape index (κ1) is 30.9. The number of nitrogens with one attached hydrogen (secondary N) is 1. The summed E-state index contributed by atoms with van der Waals surface area (Å²) in [4.78, 5) is 22.7. The maximum Gasteiger partial charge on any atom is 0.240 e. The van der Waals surface area contributed by atoms with Gasteiger partial charge in [0.1, 0.15) is 12.1 Å². The Hall–Kier alpha value is -2.51. The van der Waals surface area contributed by atoms with Gasteiger partial charge in [-0.15, -0.1) is 0 Å². The Bertz CT molecular complexity index is 1210. The Morgan fingerprint density at radius 2 is 1.69 bits per heavy atom. The molecule has 1 aliphatic heterocycles. The van der Waals surface area contributed by atoms with E-state index in [9.17, 15) is 9.90 Å². The van der Waals surface area contributed by atoms with Gasteiger partial charge in [-0.3, -0.25) is 14.5 Å². The number of aliphatic hydroxyl groups is 1. The Morgan fingerprint density at radius 3 is 2.31 bits per heavy atom. The zero-order valence-corrected chi connectivity index (χ0v) is 26.3. The molecule has 1 heterocycles. The van der Waals surface area contributed by atoms with Crippen molar-refractivity contribution in [3.63, 3.8) is 0 Å². The zero-order chi connectivity index (χ0) is 30.0. The number of carbonyl (C=O) groups is 1. The number of benzene rings is 2. The number of hydroxylamine groups is 2. The van der Waals surface area contributed by atoms with E-state index in [2.05, 4.69) is 99.1 Å². The molecule has 6 atom stereocenters. The molecule has 2 bridgehead atoms. The molecule has 6 heteroatoms. The highest BCUT2D eigenvalue weighted by Gasteiger charge is 2.54. The molecule has 2 aromatic carbocycles. The van der Waals surface area contributed by atoms with Gasteiger partial charge in [-0.25, -0.2) is 0 Å². The van der Waals surface area contributed by atoms with Crippen molar-refractivity contribution in [3.8, 4) is 0 Å². The average molecular weight is 574 g/mol. The first-order valence-electron chi connectivity index (χ1n) is 15.9. The van der Waals surface area contributed by atoms with Gasteiger partial charge in [-0.1, -0.05) is 94.4 Å². The standard InChI is InChI=1S/C36H51N3O3/c1-24(2)19-38(20-26-11-8-7-9-12-26)21-27-13-10-14-28(15-27)22-39-34(33(25(3)4)32(23-40)42-39)35(41)37-31-17-29-16-30(18-31)36(29,5)6/h7-15,24,29-34,40H,3,16-23H2,1-2,4-6H3,(H,37,41)/t29-,30+,31?,32-,33+,34-/m0/s1. The molecule has 1 saturated heterocycles. The van der Waals surface area contributed by atoms with E-state index in [-0.39, 0.29) is 24.5 Å². The number of fused-ring (bicyclic) bond motifs is 2. The minimum Gasteiger partial charge on any atom is -0.394 e. The van der Waals surface area contributed by atoms with Gasteiger partial charge in [-0.2, -0.15) is 5.06 Å². The van der Waals surface area contributed by atoms with Crippen LogP contribution < -0.4 is 5.32 Å². The minimum absolute atomic E-state index is 0.00909. The van der Waals surface area contributed by atoms with Gasteiger partial charge in [0.15, 0.2) is 0 Å². The van der Waals surface area contributed by atoms with Crippen molar-refractivity contribution >= 4 is 5.91 Å². The summed E-state index contributed by atoms with van der Waals surface area (Å²) in [6.45, 7) is 18.5. The monoisotopic (exact) mass is 573 g/mol. The fourth-order valence-electron chi connectivity index (χ4n) is 7.77. The van der Waals surface area contributed by atoms with Gasteiger partial charge >= 0.3 is 0 Å². The lowest BCUT2D eigenvalue weighted by molar-refractivity contribution is -0.182. The Morgan fingerprint density at radius 1 is 1.05 bits per heavy atom. The molecule has 2 aromatic rings. The molecule has 3 saturated carbocycles. The topological polar surface area (TPSA) is 65.0 Å². The highest BCUT2D eigenvalue weighted by molar-refractivity contribution is 5.83. The molecule has 1 unspecified atom stereocenters. The van der Waals surface area contributed by atoms with Crippen LogP contribution in [-0.2, 0) is 29.3 Å². The van der Waals surface area contributed by atoms with Crippen molar-refractivity contribution in [2.24, 2.45) is 29.1 Å². The molecule has 6 rings (SSSR count). The average Bonchev–Trinajstić information content (AvgIpc) is 3.32. The molecule has 0 spiro atoms. The van der Waals surface area contributed by atoms with Gasteiger partial charge in [0.05, 0.1) is 13.2 Å². The van der Waals surface area contributed by atoms with E-state index in [1.54, 1.807) is 5.06 Å². The minimum atomic E-state index is -0.523. The third-order valence-electron chi connectivity index (χ3n) is 10.1. The molecule has 0 radical (unpaired) electrons. The van der Waals surface area contributed by atoms with E-state index in [1.165, 1.54) is 17.5 Å². The number of nitrogens with zero attached hydrogens (tertiary/aromatic N) is 2. The molecular formula is C36H51N3O3. The van der Waals surface area contributed by atoms with Crippen LogP contribution in [0.2, 0.25) is 0 Å². The lowest BCUT2D eigenvalue weighted by Crippen LogP contribution is -2.58. The van der Waals surface area contributed by atoms with Crippen molar-refractivity contribution in [1.82, 2.24) is 15.3 Å². The summed E-state index contributed by atoms with van der Waals surface area (Å²) in [5.41, 5.74) is 4.90. The fourth-order valence-corrected chi connectivity index (χ4v) is 7.77. The lowest BCUT2D eigenvalue weighted by Gasteiger charge is -2.59. The van der Waals surface area contributed by atoms with Crippen molar-refractivity contribution in [1.29, 1.82) is 0 Å². The van der Waals surface area contributed by atoms with Crippen LogP contribution in [0.15, 0.2) is 66.7 Å². The summed E-state index contributed by atoms with van der Waals surface area (Å²) < 4.78 is 0. The number of amides is 1. The molecule has 0 aromatic heterocycles. The van der Waals surface area contributed by atoms with E-state index >= 15 is 0 Å². The van der Waals surface area contributed by atoms with Crippen molar-refractivity contribution in [2.75, 3.05) is 13.2 Å². The van der Waals surface area contributed by atoms with E-state index in [0.29, 0.717) is 29.7 Å². The van der Waals surface area contributed by atoms with E-state index in [4.69, 9.17) is 4.84 Å². The predicted molar refractivity (Wildman–Crippen MR) is 168 cm³/mol. The number of rotatable bonds is 12. The van der Waals surface area contributed by atoms with Crippen LogP contribution in [0.4, 0.5) is 0 Å². The molecule has 4 aliphatic rings. The molecule has 228 valence electrons. The quantitative estimate of drug-likeness (QED) is 0.307. The molecule has 2 N–H and O–H groups in total. The lowest BCUT2D eigenvalue weighted by atomic mass is 9.48. The summed E-state index contributed by atoms with van der Waals surface area (Å²) in [6, 6.07) is 18.9. The second kappa shape index (κ2) is 13.0. The third kappa shape index (κ3) is 6.83. The zero-order valence-electron chi connectivity index (χ0n) is 26.3. The van der Waals surface area contributed by atoms with Crippen LogP contribution in [0.5, 0.6) is 0 Å². The van der Waals surface area contributed by atoms with Crippen molar-refractivity contribution in [2.45, 2.75) is 91.7 Å². The summed E-state index contributed by atoms with van der Waals surface area (Å²) in [6.07, 6.45) is 2.89.